The maximum absolute atomic E-state index is 12.1. The summed E-state index contributed by atoms with van der Waals surface area (Å²) in [6.45, 7) is 0. The quantitative estimate of drug-likeness (QED) is 0.503. The molecular weight excluding hydrogens is 354 g/mol. The number of fused-ring (bicyclic) bond motifs is 1. The number of aromatic amines is 1. The average molecular weight is 368 g/mol. The molecular formula is C18H14ClN5O2. The first-order chi connectivity index (χ1) is 12.6. The average Bonchev–Trinajstić information content (AvgIpc) is 3.32. The Kier molecular flexibility index (Phi) is 4.06. The summed E-state index contributed by atoms with van der Waals surface area (Å²) < 4.78 is 5.10. The number of hydrogen-bond donors (Lipinski definition) is 3. The molecule has 3 N–H and O–H groups in total. The van der Waals surface area contributed by atoms with Crippen molar-refractivity contribution in [3.05, 3.63) is 59.6 Å². The number of carbonyl (C=O) groups excluding carboxylic acids is 1. The van der Waals surface area contributed by atoms with E-state index in [1.807, 2.05) is 13.1 Å². The molecule has 0 aliphatic rings. The van der Waals surface area contributed by atoms with Gasteiger partial charge in [0.25, 0.3) is 5.91 Å². The van der Waals surface area contributed by atoms with Crippen LogP contribution in [0.25, 0.3) is 22.6 Å². The summed E-state index contributed by atoms with van der Waals surface area (Å²) in [5, 5.41) is 6.31. The maximum atomic E-state index is 12.1. The van der Waals surface area contributed by atoms with E-state index < -0.39 is 0 Å². The number of carbonyl (C=O) groups is 1. The lowest BCUT2D eigenvalue weighted by atomic mass is 10.2. The number of benzene rings is 1. The zero-order valence-electron chi connectivity index (χ0n) is 13.7. The molecule has 0 fully saturated rings. The summed E-state index contributed by atoms with van der Waals surface area (Å²) in [4.78, 5) is 24.1. The highest BCUT2D eigenvalue weighted by atomic mass is 35.5. The number of pyridine rings is 1. The van der Waals surface area contributed by atoms with E-state index in [0.29, 0.717) is 27.7 Å². The second-order valence-electron chi connectivity index (χ2n) is 5.56. The Balaban J connectivity index is 1.69. The van der Waals surface area contributed by atoms with Crippen LogP contribution in [0.15, 0.2) is 53.3 Å². The standard InChI is InChI=1S/C18H14ClN5O2/c1-20-11-8-14-17(21-9-11)24-16(23-14)12-7-10(4-5-13(12)19)22-18(25)15-3-2-6-26-15/h2-9,20H,1H3,(H,22,25)(H,21,23,24). The van der Waals surface area contributed by atoms with E-state index in [1.165, 1.54) is 6.26 Å². The molecule has 130 valence electrons. The van der Waals surface area contributed by atoms with Crippen LogP contribution in [0, 0.1) is 0 Å². The molecule has 4 rings (SSSR count). The minimum atomic E-state index is -0.340. The van der Waals surface area contributed by atoms with Gasteiger partial charge in [0.1, 0.15) is 5.82 Å². The van der Waals surface area contributed by atoms with Crippen LogP contribution in [0.3, 0.4) is 0 Å². The number of furan rings is 1. The van der Waals surface area contributed by atoms with Gasteiger partial charge >= 0.3 is 0 Å². The molecule has 7 nitrogen and oxygen atoms in total. The number of nitrogens with zero attached hydrogens (tertiary/aromatic N) is 2. The summed E-state index contributed by atoms with van der Waals surface area (Å²) in [5.41, 5.74) is 3.48. The molecule has 3 aromatic heterocycles. The highest BCUT2D eigenvalue weighted by Crippen LogP contribution is 2.30. The Labute approximate surface area is 153 Å². The minimum Gasteiger partial charge on any atom is -0.459 e. The van der Waals surface area contributed by atoms with Crippen molar-refractivity contribution in [2.45, 2.75) is 0 Å². The van der Waals surface area contributed by atoms with E-state index >= 15 is 0 Å². The number of aromatic nitrogens is 3. The number of rotatable bonds is 4. The third-order valence-electron chi connectivity index (χ3n) is 3.85. The molecule has 0 atom stereocenters. The van der Waals surface area contributed by atoms with Crippen molar-refractivity contribution in [3.8, 4) is 11.4 Å². The molecule has 0 spiro atoms. The smallest absolute Gasteiger partial charge is 0.291 e. The molecule has 0 bridgehead atoms. The topological polar surface area (TPSA) is 95.8 Å². The van der Waals surface area contributed by atoms with Crippen LogP contribution in [-0.4, -0.2) is 27.9 Å². The molecule has 26 heavy (non-hydrogen) atoms. The SMILES string of the molecule is CNc1cnc2nc(-c3cc(NC(=O)c4ccco4)ccc3Cl)[nH]c2c1. The van der Waals surface area contributed by atoms with Gasteiger partial charge in [0.05, 0.1) is 28.7 Å². The summed E-state index contributed by atoms with van der Waals surface area (Å²) in [7, 11) is 1.82. The van der Waals surface area contributed by atoms with Gasteiger partial charge in [0.15, 0.2) is 11.4 Å². The fourth-order valence-electron chi connectivity index (χ4n) is 2.55. The van der Waals surface area contributed by atoms with E-state index in [4.69, 9.17) is 16.0 Å². The summed E-state index contributed by atoms with van der Waals surface area (Å²) >= 11 is 6.33. The second kappa shape index (κ2) is 6.53. The Morgan fingerprint density at radius 2 is 2.12 bits per heavy atom. The molecule has 1 amide bonds. The lowest BCUT2D eigenvalue weighted by molar-refractivity contribution is 0.0996. The predicted octanol–water partition coefficient (Wildman–Crippen LogP) is 4.17. The molecule has 1 aromatic carbocycles. The van der Waals surface area contributed by atoms with Gasteiger partial charge in [-0.3, -0.25) is 4.79 Å². The van der Waals surface area contributed by atoms with Crippen LogP contribution in [0.2, 0.25) is 5.02 Å². The lowest BCUT2D eigenvalue weighted by Gasteiger charge is -2.07. The summed E-state index contributed by atoms with van der Waals surface area (Å²) in [5.74, 6) is 0.460. The summed E-state index contributed by atoms with van der Waals surface area (Å²) in [6, 6.07) is 10.3. The number of hydrogen-bond acceptors (Lipinski definition) is 5. The first kappa shape index (κ1) is 16.2. The van der Waals surface area contributed by atoms with Gasteiger partial charge in [-0.25, -0.2) is 9.97 Å². The molecule has 0 aliphatic carbocycles. The first-order valence-corrected chi connectivity index (χ1v) is 8.20. The van der Waals surface area contributed by atoms with E-state index in [1.54, 1.807) is 36.5 Å². The third kappa shape index (κ3) is 3.00. The molecule has 0 saturated carbocycles. The van der Waals surface area contributed by atoms with E-state index in [2.05, 4.69) is 25.6 Å². The zero-order chi connectivity index (χ0) is 18.1. The largest absolute Gasteiger partial charge is 0.459 e. The van der Waals surface area contributed by atoms with E-state index in [0.717, 1.165) is 11.2 Å². The molecule has 0 aliphatic heterocycles. The predicted molar refractivity (Wildman–Crippen MR) is 101 cm³/mol. The zero-order valence-corrected chi connectivity index (χ0v) is 14.5. The molecule has 0 radical (unpaired) electrons. The van der Waals surface area contributed by atoms with Gasteiger partial charge in [-0.05, 0) is 36.4 Å². The lowest BCUT2D eigenvalue weighted by Crippen LogP contribution is -2.10. The number of nitrogens with one attached hydrogen (secondary N) is 3. The van der Waals surface area contributed by atoms with Crippen molar-refractivity contribution in [2.24, 2.45) is 0 Å². The summed E-state index contributed by atoms with van der Waals surface area (Å²) in [6.07, 6.45) is 3.15. The molecule has 0 saturated heterocycles. The Morgan fingerprint density at radius 3 is 2.88 bits per heavy atom. The molecule has 4 aromatic rings. The van der Waals surface area contributed by atoms with E-state index in [9.17, 15) is 4.79 Å². The normalized spacial score (nSPS) is 10.8. The van der Waals surface area contributed by atoms with Crippen molar-refractivity contribution >= 4 is 40.0 Å². The van der Waals surface area contributed by atoms with Crippen LogP contribution in [0.5, 0.6) is 0 Å². The van der Waals surface area contributed by atoms with Crippen molar-refractivity contribution in [1.29, 1.82) is 0 Å². The maximum Gasteiger partial charge on any atom is 0.291 e. The van der Waals surface area contributed by atoms with Gasteiger partial charge in [-0.1, -0.05) is 11.6 Å². The number of amides is 1. The second-order valence-corrected chi connectivity index (χ2v) is 5.96. The first-order valence-electron chi connectivity index (χ1n) is 7.82. The van der Waals surface area contributed by atoms with E-state index in [-0.39, 0.29) is 11.7 Å². The molecule has 8 heteroatoms. The highest BCUT2D eigenvalue weighted by molar-refractivity contribution is 6.33. The Bertz CT molecular complexity index is 1090. The number of anilines is 2. The third-order valence-corrected chi connectivity index (χ3v) is 4.18. The van der Waals surface area contributed by atoms with Gasteiger partial charge in [-0.15, -0.1) is 0 Å². The van der Waals surface area contributed by atoms with Crippen molar-refractivity contribution in [3.63, 3.8) is 0 Å². The van der Waals surface area contributed by atoms with Crippen LogP contribution in [-0.2, 0) is 0 Å². The molecule has 0 unspecified atom stereocenters. The van der Waals surface area contributed by atoms with Gasteiger partial charge in [0, 0.05) is 18.3 Å². The fourth-order valence-corrected chi connectivity index (χ4v) is 2.76. The fraction of sp³-hybridized carbons (Fsp3) is 0.0556. The number of halogens is 1. The Hall–Kier alpha value is -3.32. The number of H-pyrrole nitrogens is 1. The Morgan fingerprint density at radius 1 is 1.23 bits per heavy atom. The van der Waals surface area contributed by atoms with Gasteiger partial charge in [0.2, 0.25) is 0 Å². The van der Waals surface area contributed by atoms with Gasteiger partial charge < -0.3 is 20.0 Å². The van der Waals surface area contributed by atoms with Crippen LogP contribution < -0.4 is 10.6 Å². The number of imidazole rings is 1. The van der Waals surface area contributed by atoms with Crippen LogP contribution in [0.1, 0.15) is 10.6 Å². The minimum absolute atomic E-state index is 0.231. The van der Waals surface area contributed by atoms with Crippen molar-refractivity contribution in [1.82, 2.24) is 15.0 Å². The van der Waals surface area contributed by atoms with Gasteiger partial charge in [-0.2, -0.15) is 0 Å². The highest BCUT2D eigenvalue weighted by Gasteiger charge is 2.14. The monoisotopic (exact) mass is 367 g/mol. The van der Waals surface area contributed by atoms with Crippen LogP contribution >= 0.6 is 11.6 Å². The van der Waals surface area contributed by atoms with Crippen molar-refractivity contribution in [2.75, 3.05) is 17.7 Å². The molecule has 3 heterocycles. The van der Waals surface area contributed by atoms with Crippen molar-refractivity contribution < 1.29 is 9.21 Å². The van der Waals surface area contributed by atoms with Crippen LogP contribution in [0.4, 0.5) is 11.4 Å².